The molecule has 0 bridgehead atoms. The van der Waals surface area contributed by atoms with Gasteiger partial charge in [-0.25, -0.2) is 0 Å². The molecule has 16 heavy (non-hydrogen) atoms. The van der Waals surface area contributed by atoms with Crippen molar-refractivity contribution in [1.82, 2.24) is 4.90 Å². The maximum absolute atomic E-state index is 10.1. The number of aliphatic carboxylic acids is 3. The molecular weight excluding hydrogens is 269 g/mol. The summed E-state index contributed by atoms with van der Waals surface area (Å²) >= 11 is -1.44. The van der Waals surface area contributed by atoms with E-state index >= 15 is 0 Å². The van der Waals surface area contributed by atoms with Gasteiger partial charge in [-0.05, 0) is 0 Å². The number of carbonyl (C=O) groups is 3. The van der Waals surface area contributed by atoms with Gasteiger partial charge < -0.3 is 15.3 Å². The summed E-state index contributed by atoms with van der Waals surface area (Å²) in [7, 11) is 0. The van der Waals surface area contributed by atoms with Gasteiger partial charge in [0, 0.05) is 0 Å². The van der Waals surface area contributed by atoms with Gasteiger partial charge in [-0.3, -0.25) is 19.3 Å². The second-order valence-corrected chi connectivity index (χ2v) is 2.59. The fraction of sp³-hybridized carbons (Fsp3) is 0.500. The first kappa shape index (κ1) is 16.9. The van der Waals surface area contributed by atoms with E-state index in [2.05, 4.69) is 0 Å². The molecule has 93 valence electrons. The van der Waals surface area contributed by atoms with Crippen molar-refractivity contribution in [3.8, 4) is 0 Å². The van der Waals surface area contributed by atoms with Crippen LogP contribution in [0, 0.1) is 0 Å². The average molecular weight is 278 g/mol. The molecule has 0 fully saturated rings. The van der Waals surface area contributed by atoms with Crippen molar-refractivity contribution in [3.05, 3.63) is 0 Å². The summed E-state index contributed by atoms with van der Waals surface area (Å²) in [5, 5.41) is 24.8. The molecule has 0 aliphatic carbocycles. The van der Waals surface area contributed by atoms with E-state index in [1.54, 1.807) is 0 Å². The summed E-state index contributed by atoms with van der Waals surface area (Å²) in [5.74, 6) is -3.78. The molecule has 0 heterocycles. The third-order valence-electron chi connectivity index (χ3n) is 1.08. The van der Waals surface area contributed by atoms with Gasteiger partial charge in [0.1, 0.15) is 0 Å². The second-order valence-electron chi connectivity index (χ2n) is 2.39. The van der Waals surface area contributed by atoms with Gasteiger partial charge >= 0.3 is 40.4 Å². The van der Waals surface area contributed by atoms with Gasteiger partial charge in [0.15, 0.2) is 0 Å². The SMILES string of the molecule is O=C(O)CN(CC(=O)O)CC(=O)O.[O]=[Mn]=[O]. The molecule has 0 radical (unpaired) electrons. The first-order valence-electron chi connectivity index (χ1n) is 3.60. The van der Waals surface area contributed by atoms with Crippen molar-refractivity contribution in [2.45, 2.75) is 0 Å². The molecule has 0 unspecified atom stereocenters. The maximum atomic E-state index is 10.1. The Balaban J connectivity index is 0. The van der Waals surface area contributed by atoms with Crippen molar-refractivity contribution < 1.29 is 52.2 Å². The quantitative estimate of drug-likeness (QED) is 0.483. The summed E-state index contributed by atoms with van der Waals surface area (Å²) in [6.07, 6.45) is 0. The Labute approximate surface area is 95.2 Å². The predicted octanol–water partition coefficient (Wildman–Crippen LogP) is -1.70. The van der Waals surface area contributed by atoms with Crippen LogP contribution in [-0.4, -0.2) is 57.8 Å². The zero-order valence-corrected chi connectivity index (χ0v) is 9.01. The van der Waals surface area contributed by atoms with Gasteiger partial charge in [-0.1, -0.05) is 0 Å². The first-order valence-corrected chi connectivity index (χ1v) is 4.56. The molecule has 0 aromatic carbocycles. The molecule has 0 spiro atoms. The summed E-state index contributed by atoms with van der Waals surface area (Å²) in [5.41, 5.74) is 0. The van der Waals surface area contributed by atoms with Gasteiger partial charge in [-0.2, -0.15) is 0 Å². The van der Waals surface area contributed by atoms with Crippen molar-refractivity contribution in [2.24, 2.45) is 0 Å². The molecule has 0 saturated carbocycles. The van der Waals surface area contributed by atoms with E-state index in [0.717, 1.165) is 4.90 Å². The van der Waals surface area contributed by atoms with E-state index in [9.17, 15) is 14.4 Å². The molecule has 3 N–H and O–H groups in total. The van der Waals surface area contributed by atoms with Crippen LogP contribution in [0.4, 0.5) is 0 Å². The standard InChI is InChI=1S/C6H9NO6.Mn.2O/c8-4(9)1-7(2-5(10)11)3-6(12)13;;;/h1-3H2,(H,8,9)(H,10,11)(H,12,13);;;. The number of rotatable bonds is 6. The van der Waals surface area contributed by atoms with E-state index in [4.69, 9.17) is 23.0 Å². The molecule has 0 atom stereocenters. The normalized spacial score (nSPS) is 8.81. The average Bonchev–Trinajstić information content (AvgIpc) is 2.00. The Morgan fingerprint density at radius 2 is 1.00 bits per heavy atom. The molecule has 0 aliphatic heterocycles. The minimum absolute atomic E-state index is 0.599. The Kier molecular flexibility index (Phi) is 10.6. The molecular formula is C6H9MnNO8. The van der Waals surface area contributed by atoms with Gasteiger partial charge in [0.05, 0.1) is 19.6 Å². The van der Waals surface area contributed by atoms with E-state index in [0.29, 0.717) is 0 Å². The summed E-state index contributed by atoms with van der Waals surface area (Å²) in [4.78, 5) is 31.2. The van der Waals surface area contributed by atoms with Crippen LogP contribution in [-0.2, 0) is 36.9 Å². The molecule has 0 saturated heterocycles. The third kappa shape index (κ3) is 15.0. The van der Waals surface area contributed by atoms with Gasteiger partial charge in [0.25, 0.3) is 0 Å². The fourth-order valence-electron chi connectivity index (χ4n) is 0.742. The van der Waals surface area contributed by atoms with E-state index < -0.39 is 52.4 Å². The minimum atomic E-state index is -1.44. The number of carboxylic acid groups (broad SMARTS) is 3. The third-order valence-corrected chi connectivity index (χ3v) is 1.08. The van der Waals surface area contributed by atoms with Crippen molar-refractivity contribution >= 4 is 17.9 Å². The summed E-state index contributed by atoms with van der Waals surface area (Å²) in [6, 6.07) is 0. The zero-order valence-electron chi connectivity index (χ0n) is 7.83. The molecule has 0 aromatic heterocycles. The molecule has 9 nitrogen and oxygen atoms in total. The van der Waals surface area contributed by atoms with Crippen molar-refractivity contribution in [2.75, 3.05) is 19.6 Å². The summed E-state index contributed by atoms with van der Waals surface area (Å²) < 4.78 is 16.8. The molecule has 0 amide bonds. The van der Waals surface area contributed by atoms with Gasteiger partial charge in [-0.15, -0.1) is 0 Å². The van der Waals surface area contributed by atoms with Crippen LogP contribution in [0.3, 0.4) is 0 Å². The van der Waals surface area contributed by atoms with Crippen molar-refractivity contribution in [1.29, 1.82) is 0 Å². The van der Waals surface area contributed by atoms with E-state index in [1.165, 1.54) is 0 Å². The molecule has 0 aliphatic rings. The zero-order chi connectivity index (χ0) is 13.1. The van der Waals surface area contributed by atoms with Crippen LogP contribution in [0.5, 0.6) is 0 Å². The molecule has 0 aromatic rings. The Morgan fingerprint density at radius 3 is 1.12 bits per heavy atom. The Hall–Kier alpha value is -1.51. The summed E-state index contributed by atoms with van der Waals surface area (Å²) in [6.45, 7) is -1.80. The van der Waals surface area contributed by atoms with Gasteiger partial charge in [0.2, 0.25) is 0 Å². The van der Waals surface area contributed by atoms with E-state index in [1.807, 2.05) is 0 Å². The Bertz CT molecular complexity index is 259. The Morgan fingerprint density at radius 1 is 0.812 bits per heavy atom. The number of hydrogen-bond donors (Lipinski definition) is 3. The fourth-order valence-corrected chi connectivity index (χ4v) is 0.742. The van der Waals surface area contributed by atoms with Crippen LogP contribution in [0.2, 0.25) is 0 Å². The van der Waals surface area contributed by atoms with Crippen molar-refractivity contribution in [3.63, 3.8) is 0 Å². The van der Waals surface area contributed by atoms with E-state index in [-0.39, 0.29) is 0 Å². The van der Waals surface area contributed by atoms with Crippen LogP contribution < -0.4 is 0 Å². The second kappa shape index (κ2) is 10.0. The first-order chi connectivity index (χ1) is 7.33. The number of hydrogen-bond acceptors (Lipinski definition) is 6. The van der Waals surface area contributed by atoms with Crippen LogP contribution >= 0.6 is 0 Å². The van der Waals surface area contributed by atoms with Crippen LogP contribution in [0.15, 0.2) is 0 Å². The molecule has 0 rings (SSSR count). The number of nitrogens with zero attached hydrogens (tertiary/aromatic N) is 1. The number of carboxylic acids is 3. The predicted molar refractivity (Wildman–Crippen MR) is 40.7 cm³/mol. The van der Waals surface area contributed by atoms with Crippen LogP contribution in [0.25, 0.3) is 0 Å². The monoisotopic (exact) mass is 278 g/mol. The topological polar surface area (TPSA) is 149 Å². The molecule has 10 heteroatoms. The van der Waals surface area contributed by atoms with Crippen LogP contribution in [0.1, 0.15) is 0 Å².